The first-order valence-corrected chi connectivity index (χ1v) is 12.5. The summed E-state index contributed by atoms with van der Waals surface area (Å²) in [5.41, 5.74) is -0.510. The van der Waals surface area contributed by atoms with Gasteiger partial charge >= 0.3 is 11.9 Å². The van der Waals surface area contributed by atoms with Gasteiger partial charge < -0.3 is 19.7 Å². The quantitative estimate of drug-likeness (QED) is 0.258. The predicted molar refractivity (Wildman–Crippen MR) is 133 cm³/mol. The standard InChI is InChI=1S/C24H38BrFN4O4/c1-24(2,3)34-21(31)14-27-12-13-30(16-22(32)33-5)18-8-6-17(7-9-18)15-29(4)20-11-10-19(25)23(26)28-20/h10-11,17-18,27H,6-9,12-16H2,1-5H3/t17-,18-. The van der Waals surface area contributed by atoms with Crippen LogP contribution in [0.4, 0.5) is 10.2 Å². The van der Waals surface area contributed by atoms with Crippen LogP contribution in [0.25, 0.3) is 0 Å². The van der Waals surface area contributed by atoms with Crippen molar-refractivity contribution in [1.29, 1.82) is 0 Å². The lowest BCUT2D eigenvalue weighted by Crippen LogP contribution is -2.46. The number of ether oxygens (including phenoxy) is 2. The summed E-state index contributed by atoms with van der Waals surface area (Å²) in [7, 11) is 3.33. The molecule has 0 spiro atoms. The first-order chi connectivity index (χ1) is 16.0. The Kier molecular flexibility index (Phi) is 11.2. The third-order valence-electron chi connectivity index (χ3n) is 5.87. The summed E-state index contributed by atoms with van der Waals surface area (Å²) in [6, 6.07) is 3.75. The van der Waals surface area contributed by atoms with E-state index in [-0.39, 0.29) is 31.1 Å². The number of pyridine rings is 1. The molecule has 1 aliphatic rings. The zero-order valence-corrected chi connectivity index (χ0v) is 22.5. The van der Waals surface area contributed by atoms with Crippen LogP contribution in [0.5, 0.6) is 0 Å². The first-order valence-electron chi connectivity index (χ1n) is 11.7. The lowest BCUT2D eigenvalue weighted by molar-refractivity contribution is -0.153. The van der Waals surface area contributed by atoms with Gasteiger partial charge in [0, 0.05) is 32.7 Å². The topological polar surface area (TPSA) is 84.0 Å². The van der Waals surface area contributed by atoms with Gasteiger partial charge in [0.1, 0.15) is 11.4 Å². The monoisotopic (exact) mass is 544 g/mol. The van der Waals surface area contributed by atoms with Gasteiger partial charge in [0.2, 0.25) is 5.95 Å². The van der Waals surface area contributed by atoms with E-state index in [0.717, 1.165) is 32.2 Å². The first kappa shape index (κ1) is 28.5. The number of esters is 2. The van der Waals surface area contributed by atoms with Gasteiger partial charge in [0.15, 0.2) is 0 Å². The smallest absolute Gasteiger partial charge is 0.320 e. The van der Waals surface area contributed by atoms with Crippen molar-refractivity contribution in [2.45, 2.75) is 58.1 Å². The molecule has 2 rings (SSSR count). The van der Waals surface area contributed by atoms with Crippen molar-refractivity contribution in [2.75, 3.05) is 51.8 Å². The summed E-state index contributed by atoms with van der Waals surface area (Å²) in [4.78, 5) is 32.0. The van der Waals surface area contributed by atoms with Crippen LogP contribution < -0.4 is 10.2 Å². The average Bonchev–Trinajstić information content (AvgIpc) is 2.76. The molecule has 1 heterocycles. The van der Waals surface area contributed by atoms with E-state index >= 15 is 0 Å². The highest BCUT2D eigenvalue weighted by Gasteiger charge is 2.28. The summed E-state index contributed by atoms with van der Waals surface area (Å²) in [6.07, 6.45) is 3.95. The number of anilines is 1. The third-order valence-corrected chi connectivity index (χ3v) is 6.46. The minimum Gasteiger partial charge on any atom is -0.468 e. The molecule has 10 heteroatoms. The Morgan fingerprint density at radius 1 is 1.21 bits per heavy atom. The van der Waals surface area contributed by atoms with E-state index in [9.17, 15) is 14.0 Å². The molecular weight excluding hydrogens is 507 g/mol. The van der Waals surface area contributed by atoms with E-state index in [0.29, 0.717) is 29.3 Å². The molecule has 0 unspecified atom stereocenters. The Morgan fingerprint density at radius 3 is 2.47 bits per heavy atom. The van der Waals surface area contributed by atoms with E-state index in [2.05, 4.69) is 31.1 Å². The summed E-state index contributed by atoms with van der Waals surface area (Å²) >= 11 is 3.14. The van der Waals surface area contributed by atoms with E-state index in [1.807, 2.05) is 32.7 Å². The molecule has 1 fully saturated rings. The molecule has 0 atom stereocenters. The minimum atomic E-state index is -0.510. The normalized spacial score (nSPS) is 18.6. The zero-order chi connectivity index (χ0) is 25.3. The molecule has 192 valence electrons. The van der Waals surface area contributed by atoms with Crippen LogP contribution >= 0.6 is 15.9 Å². The predicted octanol–water partition coefficient (Wildman–Crippen LogP) is 3.38. The number of hydrogen-bond donors (Lipinski definition) is 1. The van der Waals surface area contributed by atoms with Crippen molar-refractivity contribution in [1.82, 2.24) is 15.2 Å². The maximum Gasteiger partial charge on any atom is 0.320 e. The van der Waals surface area contributed by atoms with Crippen molar-refractivity contribution in [3.63, 3.8) is 0 Å². The van der Waals surface area contributed by atoms with E-state index in [1.165, 1.54) is 7.11 Å². The van der Waals surface area contributed by atoms with Gasteiger partial charge in [0.25, 0.3) is 0 Å². The summed E-state index contributed by atoms with van der Waals surface area (Å²) < 4.78 is 24.3. The second-order valence-corrected chi connectivity index (χ2v) is 10.7. The Bertz CT molecular complexity index is 813. The van der Waals surface area contributed by atoms with Gasteiger partial charge in [-0.1, -0.05) is 0 Å². The lowest BCUT2D eigenvalue weighted by Gasteiger charge is -2.37. The summed E-state index contributed by atoms with van der Waals surface area (Å²) in [5.74, 6) is 0.0205. The maximum atomic E-state index is 13.8. The summed E-state index contributed by atoms with van der Waals surface area (Å²) in [5, 5.41) is 3.11. The van der Waals surface area contributed by atoms with Crippen molar-refractivity contribution in [2.24, 2.45) is 5.92 Å². The average molecular weight is 545 g/mol. The Labute approximate surface area is 210 Å². The second kappa shape index (κ2) is 13.3. The highest BCUT2D eigenvalue weighted by molar-refractivity contribution is 9.10. The van der Waals surface area contributed by atoms with E-state index in [4.69, 9.17) is 9.47 Å². The fourth-order valence-corrected chi connectivity index (χ4v) is 4.43. The highest BCUT2D eigenvalue weighted by atomic mass is 79.9. The van der Waals surface area contributed by atoms with Crippen LogP contribution in [0.1, 0.15) is 46.5 Å². The Balaban J connectivity index is 1.83. The van der Waals surface area contributed by atoms with Gasteiger partial charge in [-0.15, -0.1) is 0 Å². The molecule has 0 aromatic carbocycles. The van der Waals surface area contributed by atoms with Gasteiger partial charge in [-0.25, -0.2) is 4.98 Å². The molecule has 8 nitrogen and oxygen atoms in total. The fraction of sp³-hybridized carbons (Fsp3) is 0.708. The molecule has 1 aromatic rings. The van der Waals surface area contributed by atoms with Crippen LogP contribution in [0.2, 0.25) is 0 Å². The van der Waals surface area contributed by atoms with Crippen molar-refractivity contribution in [3.8, 4) is 0 Å². The molecule has 34 heavy (non-hydrogen) atoms. The Hall–Kier alpha value is -1.78. The molecule has 1 saturated carbocycles. The highest BCUT2D eigenvalue weighted by Crippen LogP contribution is 2.29. The van der Waals surface area contributed by atoms with Crippen molar-refractivity contribution >= 4 is 33.7 Å². The number of rotatable bonds is 11. The summed E-state index contributed by atoms with van der Waals surface area (Å²) in [6.45, 7) is 7.87. The van der Waals surface area contributed by atoms with Crippen LogP contribution in [0.15, 0.2) is 16.6 Å². The van der Waals surface area contributed by atoms with Crippen molar-refractivity contribution in [3.05, 3.63) is 22.6 Å². The molecule has 1 N–H and O–H groups in total. The van der Waals surface area contributed by atoms with E-state index < -0.39 is 11.5 Å². The lowest BCUT2D eigenvalue weighted by atomic mass is 9.85. The largest absolute Gasteiger partial charge is 0.468 e. The Morgan fingerprint density at radius 2 is 1.88 bits per heavy atom. The number of aromatic nitrogens is 1. The number of nitrogens with one attached hydrogen (secondary N) is 1. The minimum absolute atomic E-state index is 0.132. The number of hydrogen-bond acceptors (Lipinski definition) is 8. The SMILES string of the molecule is COC(=O)CN(CCNCC(=O)OC(C)(C)C)[C@H]1CC[C@H](CN(C)c2ccc(Br)c(F)n2)CC1. The van der Waals surface area contributed by atoms with Gasteiger partial charge in [-0.05, 0) is 80.4 Å². The molecule has 0 bridgehead atoms. The van der Waals surface area contributed by atoms with Crippen molar-refractivity contribution < 1.29 is 23.5 Å². The van der Waals surface area contributed by atoms with E-state index in [1.54, 1.807) is 12.1 Å². The van der Waals surface area contributed by atoms with Crippen LogP contribution in [-0.4, -0.2) is 80.3 Å². The molecular formula is C24H38BrFN4O4. The number of carbonyl (C=O) groups is 2. The fourth-order valence-electron chi connectivity index (χ4n) is 4.21. The molecule has 0 radical (unpaired) electrons. The van der Waals surface area contributed by atoms with Gasteiger partial charge in [-0.3, -0.25) is 14.5 Å². The van der Waals surface area contributed by atoms with Crippen LogP contribution in [0, 0.1) is 11.9 Å². The second-order valence-electron chi connectivity index (χ2n) is 9.81. The van der Waals surface area contributed by atoms with Crippen LogP contribution in [-0.2, 0) is 19.1 Å². The molecule has 1 aromatic heterocycles. The molecule has 1 aliphatic carbocycles. The number of halogens is 2. The zero-order valence-electron chi connectivity index (χ0n) is 20.9. The maximum absolute atomic E-state index is 13.8. The molecule has 0 aliphatic heterocycles. The molecule has 0 amide bonds. The van der Waals surface area contributed by atoms with Gasteiger partial charge in [0.05, 0.1) is 24.7 Å². The number of nitrogens with zero attached hydrogens (tertiary/aromatic N) is 3. The van der Waals surface area contributed by atoms with Crippen LogP contribution in [0.3, 0.4) is 0 Å². The van der Waals surface area contributed by atoms with Gasteiger partial charge in [-0.2, -0.15) is 4.39 Å². The molecule has 0 saturated heterocycles. The third kappa shape index (κ3) is 9.84. The number of methoxy groups -OCH3 is 1. The number of carbonyl (C=O) groups excluding carboxylic acids is 2.